The fourth-order valence-corrected chi connectivity index (χ4v) is 2.39. The molecule has 1 aromatic heterocycles. The van der Waals surface area contributed by atoms with Crippen molar-refractivity contribution in [1.29, 1.82) is 0 Å². The number of hydrogen-bond donors (Lipinski definition) is 2. The van der Waals surface area contributed by atoms with Crippen LogP contribution in [0, 0.1) is 20.8 Å². The van der Waals surface area contributed by atoms with Crippen LogP contribution in [-0.4, -0.2) is 23.3 Å². The molecule has 0 radical (unpaired) electrons. The summed E-state index contributed by atoms with van der Waals surface area (Å²) in [5.41, 5.74) is 11.6. The number of ether oxygens (including phenoxy) is 1. The lowest BCUT2D eigenvalue weighted by atomic mass is 9.92. The minimum absolute atomic E-state index is 0.0563. The molecule has 20 heavy (non-hydrogen) atoms. The Kier molecular flexibility index (Phi) is 4.45. The highest BCUT2D eigenvalue weighted by Crippen LogP contribution is 2.33. The van der Waals surface area contributed by atoms with E-state index in [1.165, 1.54) is 11.1 Å². The van der Waals surface area contributed by atoms with Crippen LogP contribution < -0.4 is 10.5 Å². The average molecular weight is 273 g/mol. The molecule has 4 nitrogen and oxygen atoms in total. The van der Waals surface area contributed by atoms with E-state index in [4.69, 9.17) is 10.5 Å². The minimum Gasteiger partial charge on any atom is -0.494 e. The molecule has 0 saturated heterocycles. The Morgan fingerprint density at radius 2 is 1.90 bits per heavy atom. The maximum Gasteiger partial charge on any atom is 0.123 e. The first kappa shape index (κ1) is 14.6. The highest BCUT2D eigenvalue weighted by Gasteiger charge is 2.20. The lowest BCUT2D eigenvalue weighted by Gasteiger charge is -2.19. The van der Waals surface area contributed by atoms with E-state index in [-0.39, 0.29) is 5.92 Å². The maximum atomic E-state index is 5.99. The van der Waals surface area contributed by atoms with E-state index in [1.54, 1.807) is 0 Å². The van der Waals surface area contributed by atoms with Crippen LogP contribution in [-0.2, 0) is 0 Å². The Hall–Kier alpha value is -1.81. The molecule has 4 heteroatoms. The Balaban J connectivity index is 2.50. The van der Waals surface area contributed by atoms with Gasteiger partial charge in [0.05, 0.1) is 12.3 Å². The number of aromatic nitrogens is 2. The largest absolute Gasteiger partial charge is 0.494 e. The molecule has 1 heterocycles. The highest BCUT2D eigenvalue weighted by atomic mass is 16.5. The molecule has 0 aliphatic heterocycles. The third-order valence-corrected chi connectivity index (χ3v) is 3.62. The summed E-state index contributed by atoms with van der Waals surface area (Å²) in [5.74, 6) is 0.965. The summed E-state index contributed by atoms with van der Waals surface area (Å²) in [5, 5.41) is 7.34. The van der Waals surface area contributed by atoms with Crippen molar-refractivity contribution in [2.75, 3.05) is 13.2 Å². The lowest BCUT2D eigenvalue weighted by molar-refractivity contribution is 0.335. The van der Waals surface area contributed by atoms with Crippen molar-refractivity contribution < 1.29 is 4.74 Å². The Morgan fingerprint density at radius 3 is 2.45 bits per heavy atom. The van der Waals surface area contributed by atoms with Gasteiger partial charge in [-0.2, -0.15) is 5.10 Å². The number of nitrogens with two attached hydrogens (primary N) is 1. The van der Waals surface area contributed by atoms with Gasteiger partial charge in [0.2, 0.25) is 0 Å². The van der Waals surface area contributed by atoms with Gasteiger partial charge in [0, 0.05) is 23.7 Å². The minimum atomic E-state index is 0.0563. The van der Waals surface area contributed by atoms with E-state index < -0.39 is 0 Å². The maximum absolute atomic E-state index is 5.99. The molecule has 0 saturated carbocycles. The van der Waals surface area contributed by atoms with Crippen molar-refractivity contribution in [3.63, 3.8) is 0 Å². The summed E-state index contributed by atoms with van der Waals surface area (Å²) >= 11 is 0. The smallest absolute Gasteiger partial charge is 0.123 e. The quantitative estimate of drug-likeness (QED) is 0.880. The molecule has 108 valence electrons. The topological polar surface area (TPSA) is 63.9 Å². The summed E-state index contributed by atoms with van der Waals surface area (Å²) < 4.78 is 5.79. The van der Waals surface area contributed by atoms with Gasteiger partial charge in [-0.25, -0.2) is 0 Å². The molecule has 1 atom stereocenters. The summed E-state index contributed by atoms with van der Waals surface area (Å²) in [6.07, 6.45) is 0. The third kappa shape index (κ3) is 2.85. The van der Waals surface area contributed by atoms with Gasteiger partial charge in [0.15, 0.2) is 0 Å². The molecule has 0 spiro atoms. The standard InChI is InChI=1S/C16H23N3O/c1-5-20-16-7-11(3)10(2)6-13(16)14(9-17)15-8-12(4)18-19-15/h6-8,14H,5,9,17H2,1-4H3,(H,18,19). The van der Waals surface area contributed by atoms with Gasteiger partial charge in [0.1, 0.15) is 5.75 Å². The van der Waals surface area contributed by atoms with Crippen LogP contribution in [0.5, 0.6) is 5.75 Å². The van der Waals surface area contributed by atoms with Crippen LogP contribution in [0.25, 0.3) is 0 Å². The number of aryl methyl sites for hydroxylation is 3. The van der Waals surface area contributed by atoms with Gasteiger partial charge in [0.25, 0.3) is 0 Å². The predicted molar refractivity (Wildman–Crippen MR) is 81.3 cm³/mol. The normalized spacial score (nSPS) is 12.4. The summed E-state index contributed by atoms with van der Waals surface area (Å²) in [6, 6.07) is 6.31. The molecular formula is C16H23N3O. The van der Waals surface area contributed by atoms with Gasteiger partial charge in [-0.15, -0.1) is 0 Å². The number of hydrogen-bond acceptors (Lipinski definition) is 3. The van der Waals surface area contributed by atoms with Crippen molar-refractivity contribution in [2.24, 2.45) is 5.73 Å². The lowest BCUT2D eigenvalue weighted by Crippen LogP contribution is -2.16. The first-order valence-corrected chi connectivity index (χ1v) is 7.02. The molecule has 1 aromatic carbocycles. The second-order valence-electron chi connectivity index (χ2n) is 5.17. The Bertz CT molecular complexity index is 589. The first-order chi connectivity index (χ1) is 9.56. The number of nitrogens with zero attached hydrogens (tertiary/aromatic N) is 1. The highest BCUT2D eigenvalue weighted by molar-refractivity contribution is 5.46. The Labute approximate surface area is 120 Å². The van der Waals surface area contributed by atoms with Gasteiger partial charge in [-0.3, -0.25) is 5.10 Å². The molecule has 0 aliphatic rings. The molecule has 3 N–H and O–H groups in total. The van der Waals surface area contributed by atoms with Gasteiger partial charge in [-0.05, 0) is 51.0 Å². The van der Waals surface area contributed by atoms with E-state index in [0.29, 0.717) is 13.2 Å². The van der Waals surface area contributed by atoms with Crippen LogP contribution in [0.15, 0.2) is 18.2 Å². The van der Waals surface area contributed by atoms with Crippen molar-refractivity contribution in [2.45, 2.75) is 33.6 Å². The number of H-pyrrole nitrogens is 1. The van der Waals surface area contributed by atoms with Gasteiger partial charge in [-0.1, -0.05) is 6.07 Å². The Morgan fingerprint density at radius 1 is 1.20 bits per heavy atom. The molecule has 1 unspecified atom stereocenters. The summed E-state index contributed by atoms with van der Waals surface area (Å²) in [4.78, 5) is 0. The molecule has 0 aliphatic carbocycles. The number of nitrogens with one attached hydrogen (secondary N) is 1. The van der Waals surface area contributed by atoms with Crippen LogP contribution in [0.1, 0.15) is 40.9 Å². The second kappa shape index (κ2) is 6.09. The number of benzene rings is 1. The third-order valence-electron chi connectivity index (χ3n) is 3.62. The second-order valence-corrected chi connectivity index (χ2v) is 5.17. The SMILES string of the molecule is CCOc1cc(C)c(C)cc1C(CN)c1cc(C)[nH]n1. The van der Waals surface area contributed by atoms with Crippen LogP contribution in [0.3, 0.4) is 0 Å². The zero-order valence-corrected chi connectivity index (χ0v) is 12.7. The molecule has 2 aromatic rings. The fraction of sp³-hybridized carbons (Fsp3) is 0.438. The van der Waals surface area contributed by atoms with Crippen molar-refractivity contribution in [1.82, 2.24) is 10.2 Å². The fourth-order valence-electron chi connectivity index (χ4n) is 2.39. The van der Waals surface area contributed by atoms with E-state index >= 15 is 0 Å². The van der Waals surface area contributed by atoms with E-state index in [9.17, 15) is 0 Å². The number of aromatic amines is 1. The van der Waals surface area contributed by atoms with E-state index in [0.717, 1.165) is 22.7 Å². The zero-order chi connectivity index (χ0) is 14.7. The molecule has 2 rings (SSSR count). The summed E-state index contributed by atoms with van der Waals surface area (Å²) in [6.45, 7) is 9.35. The van der Waals surface area contributed by atoms with Crippen LogP contribution >= 0.6 is 0 Å². The molecular weight excluding hydrogens is 250 g/mol. The van der Waals surface area contributed by atoms with Crippen LogP contribution in [0.2, 0.25) is 0 Å². The number of rotatable bonds is 5. The monoisotopic (exact) mass is 273 g/mol. The molecule has 0 bridgehead atoms. The first-order valence-electron chi connectivity index (χ1n) is 7.02. The van der Waals surface area contributed by atoms with E-state index in [1.807, 2.05) is 19.9 Å². The summed E-state index contributed by atoms with van der Waals surface area (Å²) in [7, 11) is 0. The molecule has 0 amide bonds. The van der Waals surface area contributed by atoms with Gasteiger partial charge < -0.3 is 10.5 Å². The zero-order valence-electron chi connectivity index (χ0n) is 12.7. The average Bonchev–Trinajstić information content (AvgIpc) is 2.83. The predicted octanol–water partition coefficient (Wildman–Crippen LogP) is 2.82. The van der Waals surface area contributed by atoms with Crippen LogP contribution in [0.4, 0.5) is 0 Å². The van der Waals surface area contributed by atoms with Crippen molar-refractivity contribution in [3.05, 3.63) is 46.3 Å². The van der Waals surface area contributed by atoms with Crippen molar-refractivity contribution in [3.8, 4) is 5.75 Å². The van der Waals surface area contributed by atoms with E-state index in [2.05, 4.69) is 36.2 Å². The molecule has 0 fully saturated rings. The van der Waals surface area contributed by atoms with Gasteiger partial charge >= 0.3 is 0 Å². The van der Waals surface area contributed by atoms with Crippen molar-refractivity contribution >= 4 is 0 Å².